The van der Waals surface area contributed by atoms with Gasteiger partial charge in [0, 0.05) is 13.7 Å². The minimum atomic E-state index is -0.553. The SMILES string of the molecule is CN(c1nc(C(N)=O)ccc1N)C1CCOC1. The van der Waals surface area contributed by atoms with Crippen LogP contribution in [0, 0.1) is 0 Å². The van der Waals surface area contributed by atoms with Crippen LogP contribution in [0.1, 0.15) is 16.9 Å². The summed E-state index contributed by atoms with van der Waals surface area (Å²) >= 11 is 0. The Labute approximate surface area is 99.5 Å². The normalized spacial score (nSPS) is 19.2. The van der Waals surface area contributed by atoms with Crippen LogP contribution in [0.5, 0.6) is 0 Å². The highest BCUT2D eigenvalue weighted by atomic mass is 16.5. The largest absolute Gasteiger partial charge is 0.396 e. The maximum atomic E-state index is 11.1. The Morgan fingerprint density at radius 1 is 1.59 bits per heavy atom. The molecule has 0 aromatic carbocycles. The van der Waals surface area contributed by atoms with E-state index in [9.17, 15) is 4.79 Å². The van der Waals surface area contributed by atoms with Gasteiger partial charge in [0.25, 0.3) is 5.91 Å². The van der Waals surface area contributed by atoms with Gasteiger partial charge < -0.3 is 21.1 Å². The van der Waals surface area contributed by atoms with Crippen molar-refractivity contribution >= 4 is 17.4 Å². The molecule has 1 amide bonds. The van der Waals surface area contributed by atoms with E-state index in [1.54, 1.807) is 6.07 Å². The molecule has 6 heteroatoms. The van der Waals surface area contributed by atoms with Gasteiger partial charge in [0.05, 0.1) is 18.3 Å². The number of ether oxygens (including phenoxy) is 1. The molecule has 2 rings (SSSR count). The number of rotatable bonds is 3. The van der Waals surface area contributed by atoms with E-state index in [0.717, 1.165) is 13.0 Å². The second-order valence-electron chi connectivity index (χ2n) is 4.10. The van der Waals surface area contributed by atoms with Crippen LogP contribution in [-0.4, -0.2) is 37.2 Å². The number of hydrogen-bond acceptors (Lipinski definition) is 5. The number of carbonyl (C=O) groups excluding carboxylic acids is 1. The fourth-order valence-electron chi connectivity index (χ4n) is 1.88. The average molecular weight is 236 g/mol. The number of amides is 1. The lowest BCUT2D eigenvalue weighted by molar-refractivity contribution is 0.0995. The molecule has 1 unspecified atom stereocenters. The van der Waals surface area contributed by atoms with Crippen LogP contribution >= 0.6 is 0 Å². The zero-order chi connectivity index (χ0) is 12.4. The molecule has 92 valence electrons. The molecule has 2 heterocycles. The maximum absolute atomic E-state index is 11.1. The number of nitrogens with two attached hydrogens (primary N) is 2. The van der Waals surface area contributed by atoms with Crippen molar-refractivity contribution in [1.82, 2.24) is 4.98 Å². The van der Waals surface area contributed by atoms with Crippen molar-refractivity contribution in [3.63, 3.8) is 0 Å². The second kappa shape index (κ2) is 4.58. The predicted octanol–water partition coefficient (Wildman–Crippen LogP) is -0.0122. The Balaban J connectivity index is 2.29. The molecule has 0 saturated carbocycles. The van der Waals surface area contributed by atoms with E-state index in [4.69, 9.17) is 16.2 Å². The van der Waals surface area contributed by atoms with E-state index in [1.807, 2.05) is 11.9 Å². The van der Waals surface area contributed by atoms with Gasteiger partial charge in [0.2, 0.25) is 0 Å². The molecule has 0 spiro atoms. The minimum Gasteiger partial charge on any atom is -0.396 e. The number of carbonyl (C=O) groups is 1. The molecule has 1 aliphatic heterocycles. The number of nitrogen functional groups attached to an aromatic ring is 1. The van der Waals surface area contributed by atoms with Crippen LogP contribution in [-0.2, 0) is 4.74 Å². The number of likely N-dealkylation sites (N-methyl/N-ethyl adjacent to an activating group) is 1. The van der Waals surface area contributed by atoms with Crippen molar-refractivity contribution in [1.29, 1.82) is 0 Å². The number of hydrogen-bond donors (Lipinski definition) is 2. The molecule has 1 aliphatic rings. The molecule has 4 N–H and O–H groups in total. The summed E-state index contributed by atoms with van der Waals surface area (Å²) in [6.45, 7) is 1.39. The van der Waals surface area contributed by atoms with Gasteiger partial charge >= 0.3 is 0 Å². The lowest BCUT2D eigenvalue weighted by Gasteiger charge is -2.25. The first-order chi connectivity index (χ1) is 8.09. The first-order valence-corrected chi connectivity index (χ1v) is 5.46. The summed E-state index contributed by atoms with van der Waals surface area (Å²) in [4.78, 5) is 17.2. The van der Waals surface area contributed by atoms with Crippen LogP contribution < -0.4 is 16.4 Å². The van der Waals surface area contributed by atoms with Crippen molar-refractivity contribution in [2.75, 3.05) is 30.9 Å². The monoisotopic (exact) mass is 236 g/mol. The van der Waals surface area contributed by atoms with Gasteiger partial charge in [-0.2, -0.15) is 0 Å². The molecule has 0 radical (unpaired) electrons. The Kier molecular flexibility index (Phi) is 3.14. The van der Waals surface area contributed by atoms with E-state index in [0.29, 0.717) is 18.1 Å². The molecular formula is C11H16N4O2. The maximum Gasteiger partial charge on any atom is 0.267 e. The number of pyridine rings is 1. The number of primary amides is 1. The van der Waals surface area contributed by atoms with E-state index in [1.165, 1.54) is 6.07 Å². The predicted molar refractivity (Wildman–Crippen MR) is 64.8 cm³/mol. The molecule has 1 saturated heterocycles. The van der Waals surface area contributed by atoms with E-state index < -0.39 is 5.91 Å². The van der Waals surface area contributed by atoms with Gasteiger partial charge in [0.15, 0.2) is 5.82 Å². The van der Waals surface area contributed by atoms with Crippen molar-refractivity contribution in [3.05, 3.63) is 17.8 Å². The summed E-state index contributed by atoms with van der Waals surface area (Å²) in [7, 11) is 1.89. The number of anilines is 2. The van der Waals surface area contributed by atoms with E-state index in [2.05, 4.69) is 4.98 Å². The lowest BCUT2D eigenvalue weighted by Crippen LogP contribution is -2.33. The van der Waals surface area contributed by atoms with Crippen LogP contribution in [0.15, 0.2) is 12.1 Å². The zero-order valence-corrected chi connectivity index (χ0v) is 9.72. The zero-order valence-electron chi connectivity index (χ0n) is 9.72. The molecule has 0 aliphatic carbocycles. The smallest absolute Gasteiger partial charge is 0.267 e. The summed E-state index contributed by atoms with van der Waals surface area (Å²) in [5.74, 6) is 0.0270. The standard InChI is InChI=1S/C11H16N4O2/c1-15(7-4-5-17-6-7)11-8(12)2-3-9(14-11)10(13)16/h2-3,7H,4-6,12H2,1H3,(H2,13,16). The van der Waals surface area contributed by atoms with Crippen LogP contribution in [0.4, 0.5) is 11.5 Å². The highest BCUT2D eigenvalue weighted by Gasteiger charge is 2.23. The third-order valence-electron chi connectivity index (χ3n) is 2.95. The van der Waals surface area contributed by atoms with Gasteiger partial charge in [-0.25, -0.2) is 4.98 Å². The molecule has 17 heavy (non-hydrogen) atoms. The van der Waals surface area contributed by atoms with Crippen molar-refractivity contribution in [2.24, 2.45) is 5.73 Å². The van der Waals surface area contributed by atoms with Crippen LogP contribution in [0.25, 0.3) is 0 Å². The number of aromatic nitrogens is 1. The lowest BCUT2D eigenvalue weighted by atomic mass is 10.2. The third kappa shape index (κ3) is 2.31. The van der Waals surface area contributed by atoms with Gasteiger partial charge in [-0.3, -0.25) is 4.79 Å². The van der Waals surface area contributed by atoms with Gasteiger partial charge in [-0.1, -0.05) is 0 Å². The Morgan fingerprint density at radius 2 is 2.35 bits per heavy atom. The average Bonchev–Trinajstić information content (AvgIpc) is 2.81. The van der Waals surface area contributed by atoms with Gasteiger partial charge in [-0.15, -0.1) is 0 Å². The Bertz CT molecular complexity index is 429. The van der Waals surface area contributed by atoms with Gasteiger partial charge in [-0.05, 0) is 18.6 Å². The highest BCUT2D eigenvalue weighted by molar-refractivity contribution is 5.91. The second-order valence-corrected chi connectivity index (χ2v) is 4.10. The minimum absolute atomic E-state index is 0.222. The fourth-order valence-corrected chi connectivity index (χ4v) is 1.88. The Morgan fingerprint density at radius 3 is 2.94 bits per heavy atom. The summed E-state index contributed by atoms with van der Waals surface area (Å²) in [6, 6.07) is 3.42. The summed E-state index contributed by atoms with van der Waals surface area (Å²) in [6.07, 6.45) is 0.929. The summed E-state index contributed by atoms with van der Waals surface area (Å²) in [5.41, 5.74) is 11.8. The Hall–Kier alpha value is -1.82. The first-order valence-electron chi connectivity index (χ1n) is 5.46. The molecular weight excluding hydrogens is 220 g/mol. The van der Waals surface area contributed by atoms with Crippen molar-refractivity contribution in [2.45, 2.75) is 12.5 Å². The third-order valence-corrected chi connectivity index (χ3v) is 2.95. The molecule has 1 fully saturated rings. The molecule has 1 aromatic heterocycles. The first kappa shape index (κ1) is 11.7. The summed E-state index contributed by atoms with van der Waals surface area (Å²) < 4.78 is 5.32. The number of nitrogens with zero attached hydrogens (tertiary/aromatic N) is 2. The fraction of sp³-hybridized carbons (Fsp3) is 0.455. The molecule has 1 aromatic rings. The molecule has 1 atom stereocenters. The van der Waals surface area contributed by atoms with Crippen LogP contribution in [0.3, 0.4) is 0 Å². The molecule has 0 bridgehead atoms. The van der Waals surface area contributed by atoms with Gasteiger partial charge in [0.1, 0.15) is 5.69 Å². The van der Waals surface area contributed by atoms with E-state index >= 15 is 0 Å². The quantitative estimate of drug-likeness (QED) is 0.769. The van der Waals surface area contributed by atoms with Crippen molar-refractivity contribution < 1.29 is 9.53 Å². The summed E-state index contributed by atoms with van der Waals surface area (Å²) in [5, 5.41) is 0. The molecule has 6 nitrogen and oxygen atoms in total. The highest BCUT2D eigenvalue weighted by Crippen LogP contribution is 2.24. The van der Waals surface area contributed by atoms with Crippen molar-refractivity contribution in [3.8, 4) is 0 Å². The van der Waals surface area contributed by atoms with Crippen LogP contribution in [0.2, 0.25) is 0 Å². The topological polar surface area (TPSA) is 94.5 Å². The van der Waals surface area contributed by atoms with E-state index in [-0.39, 0.29) is 11.7 Å².